The van der Waals surface area contributed by atoms with Crippen LogP contribution in [0.3, 0.4) is 0 Å². The van der Waals surface area contributed by atoms with Crippen molar-refractivity contribution < 1.29 is 9.59 Å². The molecule has 0 saturated heterocycles. The molecule has 0 bridgehead atoms. The maximum absolute atomic E-state index is 13.2. The second kappa shape index (κ2) is 8.21. The van der Waals surface area contributed by atoms with Crippen molar-refractivity contribution in [1.82, 2.24) is 9.88 Å². The summed E-state index contributed by atoms with van der Waals surface area (Å²) in [6.45, 7) is 0.125. The van der Waals surface area contributed by atoms with E-state index >= 15 is 0 Å². The van der Waals surface area contributed by atoms with Crippen LogP contribution in [0.25, 0.3) is 5.57 Å². The molecule has 1 N–H and O–H groups in total. The second-order valence-corrected chi connectivity index (χ2v) is 7.20. The van der Waals surface area contributed by atoms with Crippen molar-refractivity contribution in [3.63, 3.8) is 0 Å². The summed E-state index contributed by atoms with van der Waals surface area (Å²) in [4.78, 5) is 34.0. The first-order valence-corrected chi connectivity index (χ1v) is 9.65. The summed E-state index contributed by atoms with van der Waals surface area (Å²) in [6.07, 6.45) is 1.65. The number of imide groups is 1. The lowest BCUT2D eigenvalue weighted by molar-refractivity contribution is -0.137. The maximum atomic E-state index is 13.2. The first kappa shape index (κ1) is 19.4. The number of pyridine rings is 1. The summed E-state index contributed by atoms with van der Waals surface area (Å²) in [5.41, 5.74) is 3.79. The molecule has 1 aliphatic heterocycles. The quantitative estimate of drug-likeness (QED) is 0.644. The highest BCUT2D eigenvalue weighted by atomic mass is 16.2. The predicted molar refractivity (Wildman–Crippen MR) is 118 cm³/mol. The van der Waals surface area contributed by atoms with Gasteiger partial charge in [-0.05, 0) is 42.0 Å². The van der Waals surface area contributed by atoms with E-state index in [2.05, 4.69) is 10.3 Å². The number of benzene rings is 2. The smallest absolute Gasteiger partial charge is 0.278 e. The average molecular weight is 398 g/mol. The van der Waals surface area contributed by atoms with Crippen LogP contribution in [0.15, 0.2) is 84.7 Å². The SMILES string of the molecule is CN(C)c1ccc(NC2=C(c3ccccc3)C(=O)N(Cc3ccccn3)C2=O)cc1. The molecule has 1 aromatic heterocycles. The van der Waals surface area contributed by atoms with Gasteiger partial charge < -0.3 is 10.2 Å². The van der Waals surface area contributed by atoms with Gasteiger partial charge in [-0.25, -0.2) is 0 Å². The molecule has 2 aromatic carbocycles. The number of nitrogens with zero attached hydrogens (tertiary/aromatic N) is 3. The van der Waals surface area contributed by atoms with Crippen LogP contribution in [0.5, 0.6) is 0 Å². The molecule has 30 heavy (non-hydrogen) atoms. The van der Waals surface area contributed by atoms with Gasteiger partial charge >= 0.3 is 0 Å². The highest BCUT2D eigenvalue weighted by molar-refractivity contribution is 6.36. The van der Waals surface area contributed by atoms with E-state index in [1.165, 1.54) is 4.90 Å². The Morgan fingerprint density at radius 2 is 1.57 bits per heavy atom. The molecule has 6 heteroatoms. The maximum Gasteiger partial charge on any atom is 0.278 e. The van der Waals surface area contributed by atoms with Gasteiger partial charge in [0.2, 0.25) is 0 Å². The summed E-state index contributed by atoms with van der Waals surface area (Å²) in [5, 5.41) is 3.18. The van der Waals surface area contributed by atoms with E-state index < -0.39 is 0 Å². The second-order valence-electron chi connectivity index (χ2n) is 7.20. The summed E-state index contributed by atoms with van der Waals surface area (Å²) in [5.74, 6) is -0.689. The fourth-order valence-corrected chi connectivity index (χ4v) is 3.35. The lowest BCUT2D eigenvalue weighted by Gasteiger charge is -2.15. The number of hydrogen-bond acceptors (Lipinski definition) is 5. The van der Waals surface area contributed by atoms with Crippen molar-refractivity contribution in [2.24, 2.45) is 0 Å². The molecule has 3 aromatic rings. The Labute approximate surface area is 175 Å². The number of aromatic nitrogens is 1. The molecule has 1 aliphatic rings. The normalized spacial score (nSPS) is 13.7. The van der Waals surface area contributed by atoms with Crippen LogP contribution >= 0.6 is 0 Å². The Bertz CT molecular complexity index is 1090. The van der Waals surface area contributed by atoms with Crippen LogP contribution in [-0.4, -0.2) is 35.8 Å². The molecule has 150 valence electrons. The van der Waals surface area contributed by atoms with Gasteiger partial charge in [-0.15, -0.1) is 0 Å². The van der Waals surface area contributed by atoms with Crippen molar-refractivity contribution in [1.29, 1.82) is 0 Å². The molecule has 4 rings (SSSR count). The van der Waals surface area contributed by atoms with Crippen LogP contribution in [0.2, 0.25) is 0 Å². The van der Waals surface area contributed by atoms with Crippen LogP contribution in [0.1, 0.15) is 11.3 Å². The van der Waals surface area contributed by atoms with Crippen LogP contribution in [0, 0.1) is 0 Å². The van der Waals surface area contributed by atoms with E-state index in [1.54, 1.807) is 18.3 Å². The van der Waals surface area contributed by atoms with Crippen LogP contribution in [0.4, 0.5) is 11.4 Å². The minimum atomic E-state index is -0.360. The molecule has 0 spiro atoms. The van der Waals surface area contributed by atoms with Crippen molar-refractivity contribution in [2.75, 3.05) is 24.3 Å². The summed E-state index contributed by atoms with van der Waals surface area (Å²) < 4.78 is 0. The van der Waals surface area contributed by atoms with E-state index in [4.69, 9.17) is 0 Å². The van der Waals surface area contributed by atoms with Gasteiger partial charge in [0.25, 0.3) is 11.8 Å². The number of nitrogens with one attached hydrogen (secondary N) is 1. The van der Waals surface area contributed by atoms with Crippen molar-refractivity contribution in [3.05, 3.63) is 95.9 Å². The van der Waals surface area contributed by atoms with Crippen molar-refractivity contribution in [3.8, 4) is 0 Å². The Morgan fingerprint density at radius 1 is 0.867 bits per heavy atom. The molecule has 0 radical (unpaired) electrons. The first-order valence-electron chi connectivity index (χ1n) is 9.65. The lowest BCUT2D eigenvalue weighted by atomic mass is 10.0. The molecule has 0 atom stereocenters. The van der Waals surface area contributed by atoms with Crippen LogP contribution in [-0.2, 0) is 16.1 Å². The molecule has 0 saturated carbocycles. The molecular weight excluding hydrogens is 376 g/mol. The van der Waals surface area contributed by atoms with E-state index in [9.17, 15) is 9.59 Å². The van der Waals surface area contributed by atoms with Gasteiger partial charge in [0.05, 0.1) is 17.8 Å². The number of rotatable bonds is 6. The Kier molecular flexibility index (Phi) is 5.30. The highest BCUT2D eigenvalue weighted by Gasteiger charge is 2.39. The Hall–Kier alpha value is -3.93. The molecule has 0 fully saturated rings. The third-order valence-corrected chi connectivity index (χ3v) is 4.93. The highest BCUT2D eigenvalue weighted by Crippen LogP contribution is 2.31. The van der Waals surface area contributed by atoms with Crippen molar-refractivity contribution >= 4 is 28.8 Å². The minimum Gasteiger partial charge on any atom is -0.378 e. The lowest BCUT2D eigenvalue weighted by Crippen LogP contribution is -2.32. The van der Waals surface area contributed by atoms with Gasteiger partial charge in [-0.3, -0.25) is 19.5 Å². The number of amides is 2. The van der Waals surface area contributed by atoms with Crippen LogP contribution < -0.4 is 10.2 Å². The number of anilines is 2. The molecule has 2 heterocycles. The number of carbonyl (C=O) groups is 2. The van der Waals surface area contributed by atoms with Gasteiger partial charge in [0.1, 0.15) is 5.70 Å². The van der Waals surface area contributed by atoms with Gasteiger partial charge in [0, 0.05) is 31.7 Å². The summed E-state index contributed by atoms with van der Waals surface area (Å²) in [7, 11) is 3.93. The first-order chi connectivity index (χ1) is 14.5. The van der Waals surface area contributed by atoms with Gasteiger partial charge in [0.15, 0.2) is 0 Å². The largest absolute Gasteiger partial charge is 0.378 e. The number of hydrogen-bond donors (Lipinski definition) is 1. The number of carbonyl (C=O) groups excluding carboxylic acids is 2. The summed E-state index contributed by atoms with van der Waals surface area (Å²) in [6, 6.07) is 22.4. The zero-order chi connectivity index (χ0) is 21.1. The van der Waals surface area contributed by atoms with E-state index in [0.29, 0.717) is 16.8 Å². The van der Waals surface area contributed by atoms with E-state index in [0.717, 1.165) is 11.4 Å². The zero-order valence-corrected chi connectivity index (χ0v) is 16.9. The Balaban J connectivity index is 1.70. The molecule has 2 amide bonds. The predicted octanol–water partition coefficient (Wildman–Crippen LogP) is 3.54. The zero-order valence-electron chi connectivity index (χ0n) is 16.9. The molecule has 6 nitrogen and oxygen atoms in total. The van der Waals surface area contributed by atoms with E-state index in [1.807, 2.05) is 79.7 Å². The monoisotopic (exact) mass is 398 g/mol. The molecule has 0 unspecified atom stereocenters. The molecule has 0 aliphatic carbocycles. The Morgan fingerprint density at radius 3 is 2.20 bits per heavy atom. The van der Waals surface area contributed by atoms with Gasteiger partial charge in [-0.1, -0.05) is 36.4 Å². The third kappa shape index (κ3) is 3.80. The van der Waals surface area contributed by atoms with Crippen molar-refractivity contribution in [2.45, 2.75) is 6.54 Å². The summed E-state index contributed by atoms with van der Waals surface area (Å²) >= 11 is 0. The minimum absolute atomic E-state index is 0.125. The third-order valence-electron chi connectivity index (χ3n) is 4.93. The fourth-order valence-electron chi connectivity index (χ4n) is 3.35. The topological polar surface area (TPSA) is 65.5 Å². The standard InChI is InChI=1S/C24H22N4O2/c1-27(2)20-13-11-18(12-14-20)26-22-21(17-8-4-3-5-9-17)23(29)28(24(22)30)16-19-10-6-7-15-25-19/h3-15,26H,16H2,1-2H3. The fraction of sp³-hybridized carbons (Fsp3) is 0.125. The molecular formula is C24H22N4O2. The average Bonchev–Trinajstić information content (AvgIpc) is 3.00. The van der Waals surface area contributed by atoms with E-state index in [-0.39, 0.29) is 24.1 Å². The van der Waals surface area contributed by atoms with Gasteiger partial charge in [-0.2, -0.15) is 0 Å².